The second kappa shape index (κ2) is 5.72. The summed E-state index contributed by atoms with van der Waals surface area (Å²) >= 11 is 0. The van der Waals surface area contributed by atoms with Gasteiger partial charge in [-0.15, -0.1) is 0 Å². The summed E-state index contributed by atoms with van der Waals surface area (Å²) in [6.07, 6.45) is 3.99. The maximum absolute atomic E-state index is 5.91. The van der Waals surface area contributed by atoms with Crippen LogP contribution in [0.5, 0.6) is 17.4 Å². The molecule has 0 spiro atoms. The Hall–Kier alpha value is -1.49. The van der Waals surface area contributed by atoms with Gasteiger partial charge in [-0.1, -0.05) is 0 Å². The third-order valence-corrected chi connectivity index (χ3v) is 2.78. The van der Waals surface area contributed by atoms with Crippen LogP contribution in [-0.2, 0) is 0 Å². The van der Waals surface area contributed by atoms with Crippen molar-refractivity contribution in [2.75, 3.05) is 27.3 Å². The van der Waals surface area contributed by atoms with Crippen molar-refractivity contribution in [1.82, 2.24) is 10.3 Å². The maximum Gasteiger partial charge on any atom is 0.216 e. The molecule has 1 aromatic rings. The summed E-state index contributed by atoms with van der Waals surface area (Å²) in [5.41, 5.74) is 0. The van der Waals surface area contributed by atoms with E-state index in [1.54, 1.807) is 26.5 Å². The Morgan fingerprint density at radius 1 is 1.29 bits per heavy atom. The van der Waals surface area contributed by atoms with Crippen LogP contribution in [-0.4, -0.2) is 38.4 Å². The van der Waals surface area contributed by atoms with Gasteiger partial charge in [-0.3, -0.25) is 0 Å². The Balaban J connectivity index is 2.11. The smallest absolute Gasteiger partial charge is 0.216 e. The lowest BCUT2D eigenvalue weighted by atomic mass is 10.1. The summed E-state index contributed by atoms with van der Waals surface area (Å²) in [7, 11) is 3.19. The molecule has 0 saturated carbocycles. The molecule has 0 amide bonds. The molecule has 1 atom stereocenters. The number of ether oxygens (including phenoxy) is 3. The molecule has 1 N–H and O–H groups in total. The third kappa shape index (κ3) is 3.00. The van der Waals surface area contributed by atoms with Crippen molar-refractivity contribution in [3.05, 3.63) is 12.3 Å². The first-order valence-electron chi connectivity index (χ1n) is 5.79. The summed E-state index contributed by atoms with van der Waals surface area (Å²) in [4.78, 5) is 4.08. The highest BCUT2D eigenvalue weighted by Gasteiger charge is 2.17. The van der Waals surface area contributed by atoms with Crippen molar-refractivity contribution in [1.29, 1.82) is 0 Å². The molecule has 0 aromatic carbocycles. The molecule has 1 unspecified atom stereocenters. The van der Waals surface area contributed by atoms with E-state index in [0.717, 1.165) is 25.9 Å². The molecule has 0 aliphatic carbocycles. The van der Waals surface area contributed by atoms with Crippen LogP contribution in [0.15, 0.2) is 12.3 Å². The van der Waals surface area contributed by atoms with Crippen molar-refractivity contribution in [2.24, 2.45) is 0 Å². The first-order valence-corrected chi connectivity index (χ1v) is 5.79. The van der Waals surface area contributed by atoms with E-state index < -0.39 is 0 Å². The highest BCUT2D eigenvalue weighted by Crippen LogP contribution is 2.30. The van der Waals surface area contributed by atoms with Crippen LogP contribution in [0.25, 0.3) is 0 Å². The fraction of sp³-hybridized carbons (Fsp3) is 0.583. The number of nitrogens with one attached hydrogen (secondary N) is 1. The average Bonchev–Trinajstić information content (AvgIpc) is 2.40. The molecule has 5 heteroatoms. The zero-order chi connectivity index (χ0) is 12.1. The van der Waals surface area contributed by atoms with E-state index in [1.807, 2.05) is 0 Å². The third-order valence-electron chi connectivity index (χ3n) is 2.78. The van der Waals surface area contributed by atoms with Crippen molar-refractivity contribution in [3.8, 4) is 17.4 Å². The van der Waals surface area contributed by atoms with Gasteiger partial charge >= 0.3 is 0 Å². The largest absolute Gasteiger partial charge is 0.491 e. The topological polar surface area (TPSA) is 52.6 Å². The van der Waals surface area contributed by atoms with E-state index >= 15 is 0 Å². The minimum absolute atomic E-state index is 0.185. The van der Waals surface area contributed by atoms with E-state index in [0.29, 0.717) is 17.4 Å². The van der Waals surface area contributed by atoms with Crippen LogP contribution >= 0.6 is 0 Å². The Bertz CT molecular complexity index is 365. The van der Waals surface area contributed by atoms with Gasteiger partial charge in [0, 0.05) is 12.6 Å². The Morgan fingerprint density at radius 3 is 2.82 bits per heavy atom. The highest BCUT2D eigenvalue weighted by atomic mass is 16.5. The molecule has 1 aliphatic heterocycles. The van der Waals surface area contributed by atoms with Crippen LogP contribution in [0.4, 0.5) is 0 Å². The van der Waals surface area contributed by atoms with Gasteiger partial charge in [0.2, 0.25) is 5.88 Å². The molecule has 94 valence electrons. The monoisotopic (exact) mass is 238 g/mol. The number of rotatable bonds is 4. The number of piperidine rings is 1. The molecular formula is C12H18N2O3. The van der Waals surface area contributed by atoms with Gasteiger partial charge in [0.05, 0.1) is 20.4 Å². The Kier molecular flexibility index (Phi) is 4.03. The number of hydrogen-bond acceptors (Lipinski definition) is 5. The zero-order valence-corrected chi connectivity index (χ0v) is 10.2. The van der Waals surface area contributed by atoms with Crippen LogP contribution in [0.2, 0.25) is 0 Å². The molecule has 0 radical (unpaired) electrons. The van der Waals surface area contributed by atoms with Gasteiger partial charge in [-0.2, -0.15) is 0 Å². The predicted octanol–water partition coefficient (Wildman–Crippen LogP) is 1.23. The minimum atomic E-state index is 0.185. The summed E-state index contributed by atoms with van der Waals surface area (Å²) in [6.45, 7) is 1.93. The lowest BCUT2D eigenvalue weighted by molar-refractivity contribution is 0.160. The number of aromatic nitrogens is 1. The number of hydrogen-bond donors (Lipinski definition) is 1. The van der Waals surface area contributed by atoms with Crippen molar-refractivity contribution in [2.45, 2.75) is 18.9 Å². The van der Waals surface area contributed by atoms with Gasteiger partial charge in [-0.05, 0) is 19.4 Å². The van der Waals surface area contributed by atoms with Gasteiger partial charge in [0.25, 0.3) is 0 Å². The molecule has 1 aromatic heterocycles. The van der Waals surface area contributed by atoms with Crippen molar-refractivity contribution < 1.29 is 14.2 Å². The van der Waals surface area contributed by atoms with Crippen molar-refractivity contribution in [3.63, 3.8) is 0 Å². The molecule has 1 aliphatic rings. The molecule has 2 rings (SSSR count). The maximum atomic E-state index is 5.91. The molecule has 1 saturated heterocycles. The molecular weight excluding hydrogens is 220 g/mol. The summed E-state index contributed by atoms with van der Waals surface area (Å²) in [5, 5.41) is 3.31. The van der Waals surface area contributed by atoms with Crippen LogP contribution < -0.4 is 19.5 Å². The molecule has 5 nitrogen and oxygen atoms in total. The first-order chi connectivity index (χ1) is 8.33. The van der Waals surface area contributed by atoms with E-state index in [-0.39, 0.29) is 6.10 Å². The first kappa shape index (κ1) is 12.0. The van der Waals surface area contributed by atoms with Crippen LogP contribution in [0, 0.1) is 0 Å². The standard InChI is InChI=1S/C12H18N2O3/c1-15-11-8-14-12(16-2)6-10(11)17-9-4-3-5-13-7-9/h6,8-9,13H,3-5,7H2,1-2H3. The lowest BCUT2D eigenvalue weighted by Crippen LogP contribution is -2.37. The fourth-order valence-electron chi connectivity index (χ4n) is 1.86. The zero-order valence-electron chi connectivity index (χ0n) is 10.2. The summed E-state index contributed by atoms with van der Waals surface area (Å²) < 4.78 is 16.2. The average molecular weight is 238 g/mol. The molecule has 2 heterocycles. The number of methoxy groups -OCH3 is 2. The van der Waals surface area contributed by atoms with Crippen LogP contribution in [0.1, 0.15) is 12.8 Å². The SMILES string of the molecule is COc1cc(OC2CCCNC2)c(OC)cn1. The summed E-state index contributed by atoms with van der Waals surface area (Å²) in [6, 6.07) is 1.76. The van der Waals surface area contributed by atoms with E-state index in [1.165, 1.54) is 0 Å². The highest BCUT2D eigenvalue weighted by molar-refractivity contribution is 5.41. The summed E-state index contributed by atoms with van der Waals surface area (Å²) in [5.74, 6) is 1.86. The number of pyridine rings is 1. The van der Waals surface area contributed by atoms with Gasteiger partial charge in [0.15, 0.2) is 11.5 Å². The molecule has 0 bridgehead atoms. The minimum Gasteiger partial charge on any atom is -0.491 e. The van der Waals surface area contributed by atoms with E-state index in [9.17, 15) is 0 Å². The predicted molar refractivity (Wildman–Crippen MR) is 63.9 cm³/mol. The fourth-order valence-corrected chi connectivity index (χ4v) is 1.86. The molecule has 17 heavy (non-hydrogen) atoms. The van der Waals surface area contributed by atoms with E-state index in [2.05, 4.69) is 10.3 Å². The van der Waals surface area contributed by atoms with Gasteiger partial charge < -0.3 is 19.5 Å². The Labute approximate surface area is 101 Å². The molecule has 1 fully saturated rings. The van der Waals surface area contributed by atoms with Crippen LogP contribution in [0.3, 0.4) is 0 Å². The Morgan fingerprint density at radius 2 is 2.18 bits per heavy atom. The second-order valence-electron chi connectivity index (χ2n) is 3.96. The van der Waals surface area contributed by atoms with E-state index in [4.69, 9.17) is 14.2 Å². The van der Waals surface area contributed by atoms with Gasteiger partial charge in [-0.25, -0.2) is 4.98 Å². The normalized spacial score (nSPS) is 19.8. The quantitative estimate of drug-likeness (QED) is 0.855. The second-order valence-corrected chi connectivity index (χ2v) is 3.96. The number of nitrogens with zero attached hydrogens (tertiary/aromatic N) is 1. The van der Waals surface area contributed by atoms with Gasteiger partial charge in [0.1, 0.15) is 6.10 Å². The lowest BCUT2D eigenvalue weighted by Gasteiger charge is -2.24. The van der Waals surface area contributed by atoms with Crippen molar-refractivity contribution >= 4 is 0 Å².